The summed E-state index contributed by atoms with van der Waals surface area (Å²) < 4.78 is 0. The van der Waals surface area contributed by atoms with E-state index in [4.69, 9.17) is 0 Å². The molecule has 0 spiro atoms. The van der Waals surface area contributed by atoms with Crippen LogP contribution < -0.4 is 0 Å². The highest BCUT2D eigenvalue weighted by Crippen LogP contribution is 2.38. The first-order chi connectivity index (χ1) is 10.6. The summed E-state index contributed by atoms with van der Waals surface area (Å²) in [4.78, 5) is 23.5. The molecule has 0 fully saturated rings. The maximum absolute atomic E-state index is 11.8. The third kappa shape index (κ3) is 4.39. The Labute approximate surface area is 132 Å². The largest absolute Gasteiger partial charge is 0.300 e. The number of benzene rings is 2. The maximum atomic E-state index is 11.8. The molecule has 0 amide bonds. The fraction of sp³-hybridized carbons (Fsp3) is 0.300. The highest BCUT2D eigenvalue weighted by atomic mass is 16.1. The van der Waals surface area contributed by atoms with Crippen molar-refractivity contribution in [3.05, 3.63) is 71.8 Å². The van der Waals surface area contributed by atoms with Gasteiger partial charge in [-0.2, -0.15) is 0 Å². The highest BCUT2D eigenvalue weighted by Gasteiger charge is 2.27. The van der Waals surface area contributed by atoms with E-state index in [1.54, 1.807) is 13.8 Å². The second kappa shape index (κ2) is 7.69. The van der Waals surface area contributed by atoms with Gasteiger partial charge in [0.2, 0.25) is 0 Å². The molecular weight excluding hydrogens is 272 g/mol. The van der Waals surface area contributed by atoms with Crippen LogP contribution in [0.2, 0.25) is 0 Å². The van der Waals surface area contributed by atoms with Crippen LogP contribution in [0.25, 0.3) is 0 Å². The minimum absolute atomic E-state index is 0.0324. The highest BCUT2D eigenvalue weighted by molar-refractivity contribution is 5.78. The average molecular weight is 294 g/mol. The summed E-state index contributed by atoms with van der Waals surface area (Å²) in [6.07, 6.45) is 0.910. The lowest BCUT2D eigenvalue weighted by molar-refractivity contribution is -0.119. The molecule has 0 aliphatic rings. The summed E-state index contributed by atoms with van der Waals surface area (Å²) in [6.45, 7) is 3.23. The van der Waals surface area contributed by atoms with E-state index in [0.29, 0.717) is 12.8 Å². The summed E-state index contributed by atoms with van der Waals surface area (Å²) in [5, 5.41) is 0. The molecule has 0 aromatic heterocycles. The molecule has 114 valence electrons. The summed E-state index contributed by atoms with van der Waals surface area (Å²) >= 11 is 0. The normalized spacial score (nSPS) is 13.4. The molecule has 2 rings (SSSR count). The topological polar surface area (TPSA) is 34.1 Å². The zero-order valence-corrected chi connectivity index (χ0v) is 13.2. The van der Waals surface area contributed by atoms with Crippen LogP contribution in [0, 0.1) is 0 Å². The van der Waals surface area contributed by atoms with Gasteiger partial charge >= 0.3 is 0 Å². The standard InChI is InChI=1S/C20H22O2/c1-15(21)13-19(17-9-5-3-6-10-17)20(14-16(2)22)18-11-7-4-8-12-18/h3-12,19-20H,13-14H2,1-2H3/t19-,20+. The van der Waals surface area contributed by atoms with Crippen LogP contribution in [-0.4, -0.2) is 11.6 Å². The molecule has 0 bridgehead atoms. The Balaban J connectivity index is 2.43. The van der Waals surface area contributed by atoms with Gasteiger partial charge < -0.3 is 9.59 Å². The smallest absolute Gasteiger partial charge is 0.130 e. The molecule has 0 unspecified atom stereocenters. The Morgan fingerprint density at radius 3 is 1.27 bits per heavy atom. The van der Waals surface area contributed by atoms with Crippen LogP contribution in [0.3, 0.4) is 0 Å². The van der Waals surface area contributed by atoms with Gasteiger partial charge in [-0.05, 0) is 36.8 Å². The van der Waals surface area contributed by atoms with Crippen molar-refractivity contribution in [2.24, 2.45) is 0 Å². The third-order valence-electron chi connectivity index (χ3n) is 3.96. The van der Waals surface area contributed by atoms with Crippen LogP contribution in [0.15, 0.2) is 60.7 Å². The summed E-state index contributed by atoms with van der Waals surface area (Å²) in [6, 6.07) is 20.1. The van der Waals surface area contributed by atoms with Crippen LogP contribution >= 0.6 is 0 Å². The van der Waals surface area contributed by atoms with Gasteiger partial charge in [-0.25, -0.2) is 0 Å². The fourth-order valence-electron chi connectivity index (χ4n) is 3.00. The molecule has 22 heavy (non-hydrogen) atoms. The maximum Gasteiger partial charge on any atom is 0.130 e. The van der Waals surface area contributed by atoms with Crippen molar-refractivity contribution in [2.75, 3.05) is 0 Å². The number of ketones is 2. The van der Waals surface area contributed by atoms with Crippen molar-refractivity contribution in [3.8, 4) is 0 Å². The number of carbonyl (C=O) groups excluding carboxylic acids is 2. The minimum atomic E-state index is 0.0324. The van der Waals surface area contributed by atoms with Crippen molar-refractivity contribution in [1.29, 1.82) is 0 Å². The Hall–Kier alpha value is -2.22. The SMILES string of the molecule is CC(=O)C[C@H](c1ccccc1)[C@@H](CC(C)=O)c1ccccc1. The average Bonchev–Trinajstić information content (AvgIpc) is 2.52. The lowest BCUT2D eigenvalue weighted by atomic mass is 9.76. The Morgan fingerprint density at radius 1 is 0.682 bits per heavy atom. The molecule has 0 N–H and O–H groups in total. The quantitative estimate of drug-likeness (QED) is 0.752. The van der Waals surface area contributed by atoms with E-state index in [-0.39, 0.29) is 23.4 Å². The molecule has 0 radical (unpaired) electrons. The van der Waals surface area contributed by atoms with E-state index in [0.717, 1.165) is 11.1 Å². The Bertz CT molecular complexity index is 559. The Kier molecular flexibility index (Phi) is 5.65. The van der Waals surface area contributed by atoms with Gasteiger partial charge in [0.15, 0.2) is 0 Å². The van der Waals surface area contributed by atoms with Crippen LogP contribution in [0.5, 0.6) is 0 Å². The van der Waals surface area contributed by atoms with Crippen molar-refractivity contribution < 1.29 is 9.59 Å². The lowest BCUT2D eigenvalue weighted by Gasteiger charge is -2.27. The first-order valence-corrected chi connectivity index (χ1v) is 7.66. The van der Waals surface area contributed by atoms with Gasteiger partial charge in [-0.1, -0.05) is 60.7 Å². The van der Waals surface area contributed by atoms with E-state index in [2.05, 4.69) is 0 Å². The molecule has 0 aliphatic heterocycles. The van der Waals surface area contributed by atoms with Gasteiger partial charge in [0.1, 0.15) is 11.6 Å². The van der Waals surface area contributed by atoms with Crippen molar-refractivity contribution >= 4 is 11.6 Å². The molecule has 0 aliphatic carbocycles. The molecule has 2 nitrogen and oxygen atoms in total. The molecule has 0 saturated heterocycles. The monoisotopic (exact) mass is 294 g/mol. The zero-order chi connectivity index (χ0) is 15.9. The van der Waals surface area contributed by atoms with Crippen molar-refractivity contribution in [2.45, 2.75) is 38.5 Å². The predicted molar refractivity (Wildman–Crippen MR) is 89.0 cm³/mol. The van der Waals surface area contributed by atoms with Crippen LogP contribution in [0.4, 0.5) is 0 Å². The summed E-state index contributed by atoms with van der Waals surface area (Å²) in [5.41, 5.74) is 2.24. The van der Waals surface area contributed by atoms with E-state index < -0.39 is 0 Å². The number of rotatable bonds is 7. The molecular formula is C20H22O2. The summed E-state index contributed by atoms with van der Waals surface area (Å²) in [5.74, 6) is 0.367. The molecule has 0 heterocycles. The fourth-order valence-corrected chi connectivity index (χ4v) is 3.00. The number of carbonyl (C=O) groups is 2. The van der Waals surface area contributed by atoms with Gasteiger partial charge in [0, 0.05) is 12.8 Å². The summed E-state index contributed by atoms with van der Waals surface area (Å²) in [7, 11) is 0. The van der Waals surface area contributed by atoms with Gasteiger partial charge in [0.05, 0.1) is 0 Å². The number of Topliss-reactive ketones (excluding diaryl/α,β-unsaturated/α-hetero) is 2. The van der Waals surface area contributed by atoms with Gasteiger partial charge in [-0.15, -0.1) is 0 Å². The second-order valence-electron chi connectivity index (χ2n) is 5.85. The van der Waals surface area contributed by atoms with E-state index >= 15 is 0 Å². The first kappa shape index (κ1) is 16.2. The van der Waals surface area contributed by atoms with E-state index in [1.165, 1.54) is 0 Å². The van der Waals surface area contributed by atoms with Gasteiger partial charge in [-0.3, -0.25) is 0 Å². The molecule has 2 atom stereocenters. The van der Waals surface area contributed by atoms with Crippen LogP contribution in [0.1, 0.15) is 49.7 Å². The van der Waals surface area contributed by atoms with Crippen molar-refractivity contribution in [3.63, 3.8) is 0 Å². The molecule has 2 aromatic rings. The molecule has 2 heteroatoms. The number of hydrogen-bond acceptors (Lipinski definition) is 2. The van der Waals surface area contributed by atoms with E-state index in [9.17, 15) is 9.59 Å². The lowest BCUT2D eigenvalue weighted by Crippen LogP contribution is -2.17. The van der Waals surface area contributed by atoms with E-state index in [1.807, 2.05) is 60.7 Å². The second-order valence-corrected chi connectivity index (χ2v) is 5.85. The third-order valence-corrected chi connectivity index (χ3v) is 3.96. The zero-order valence-electron chi connectivity index (χ0n) is 13.2. The molecule has 2 aromatic carbocycles. The first-order valence-electron chi connectivity index (χ1n) is 7.66. The predicted octanol–water partition coefficient (Wildman–Crippen LogP) is 4.51. The Morgan fingerprint density at radius 2 is 1.00 bits per heavy atom. The number of hydrogen-bond donors (Lipinski definition) is 0. The van der Waals surface area contributed by atoms with Crippen LogP contribution in [-0.2, 0) is 9.59 Å². The minimum Gasteiger partial charge on any atom is -0.300 e. The van der Waals surface area contributed by atoms with Crippen molar-refractivity contribution in [1.82, 2.24) is 0 Å². The van der Waals surface area contributed by atoms with Gasteiger partial charge in [0.25, 0.3) is 0 Å². The molecule has 0 saturated carbocycles.